The number of halogens is 3. The number of anilines is 4. The number of rotatable bonds is 18. The number of hydrogen-bond donors (Lipinski definition) is 4. The number of aliphatic imine (C=N–C) groups is 1. The number of nitrogen functional groups attached to an aromatic ring is 1. The molecule has 0 saturated heterocycles. The minimum Gasteiger partial charge on any atom is -0.492 e. The molecule has 1 aromatic heterocycles. The van der Waals surface area contributed by atoms with E-state index in [4.69, 9.17) is 33.2 Å². The number of aromatic nitrogens is 1. The SMILES string of the molecule is CCc1cc(C(=O)CBr)ccc1F.CCc1cc(C(=O)c2sc(Nc3ccc(OC[C@@H](C)N(C)C)cc3)nc2N)ccc1F.C[C@H](COc1ccc(NC(=S)N=C(N)SCP)cc1)N(C)C. The summed E-state index contributed by atoms with van der Waals surface area (Å²) < 4.78 is 38.3. The van der Waals surface area contributed by atoms with Gasteiger partial charge in [-0.2, -0.15) is 4.99 Å². The topological polar surface area (TPSA) is 160 Å². The van der Waals surface area contributed by atoms with Crippen molar-refractivity contribution in [2.45, 2.75) is 52.6 Å². The van der Waals surface area contributed by atoms with Gasteiger partial charge in [-0.3, -0.25) is 9.59 Å². The van der Waals surface area contributed by atoms with Crippen LogP contribution in [-0.2, 0) is 12.8 Å². The highest BCUT2D eigenvalue weighted by Gasteiger charge is 2.19. The average Bonchev–Trinajstić information content (AvgIpc) is 3.67. The molecule has 3 atom stereocenters. The molecule has 66 heavy (non-hydrogen) atoms. The number of thiazole rings is 1. The van der Waals surface area contributed by atoms with Crippen LogP contribution in [0, 0.1) is 11.6 Å². The Bertz CT molecular complexity index is 2370. The van der Waals surface area contributed by atoms with Crippen LogP contribution in [0.3, 0.4) is 0 Å². The Morgan fingerprint density at radius 1 is 0.848 bits per heavy atom. The summed E-state index contributed by atoms with van der Waals surface area (Å²) in [5, 5.41) is 7.77. The van der Waals surface area contributed by atoms with Crippen LogP contribution < -0.4 is 31.6 Å². The summed E-state index contributed by atoms with van der Waals surface area (Å²) in [4.78, 5) is 37.0. The fourth-order valence-corrected chi connectivity index (χ4v) is 7.56. The van der Waals surface area contributed by atoms with E-state index in [9.17, 15) is 18.4 Å². The maximum atomic E-state index is 13.7. The summed E-state index contributed by atoms with van der Waals surface area (Å²) >= 11 is 10.8. The van der Waals surface area contributed by atoms with Gasteiger partial charge in [-0.05, 0) is 163 Å². The van der Waals surface area contributed by atoms with Crippen LogP contribution in [0.1, 0.15) is 64.4 Å². The number of benzene rings is 4. The summed E-state index contributed by atoms with van der Waals surface area (Å²) in [6.07, 6.45) is 1.11. The third-order valence-electron chi connectivity index (χ3n) is 9.82. The highest BCUT2D eigenvalue weighted by atomic mass is 79.9. The van der Waals surface area contributed by atoms with E-state index in [0.29, 0.717) is 80.7 Å². The number of ether oxygens (including phenoxy) is 2. The molecule has 0 aliphatic rings. The Morgan fingerprint density at radius 2 is 1.33 bits per heavy atom. The number of thiocarbonyl (C=S) groups is 1. The van der Waals surface area contributed by atoms with Crippen molar-refractivity contribution in [1.29, 1.82) is 0 Å². The first-order chi connectivity index (χ1) is 31.4. The molecule has 1 unspecified atom stereocenters. The zero-order valence-electron chi connectivity index (χ0n) is 38.5. The van der Waals surface area contributed by atoms with E-state index in [0.717, 1.165) is 28.4 Å². The van der Waals surface area contributed by atoms with E-state index in [-0.39, 0.29) is 34.3 Å². The lowest BCUT2D eigenvalue weighted by molar-refractivity contribution is 0.102. The fourth-order valence-electron chi connectivity index (χ4n) is 5.26. The normalized spacial score (nSPS) is 12.0. The lowest BCUT2D eigenvalue weighted by atomic mass is 10.0. The van der Waals surface area contributed by atoms with Gasteiger partial charge in [0.05, 0.1) is 5.33 Å². The lowest BCUT2D eigenvalue weighted by Crippen LogP contribution is -2.30. The molecule has 5 aromatic rings. The zero-order valence-corrected chi connectivity index (χ0v) is 43.7. The number of ketones is 2. The molecule has 0 fully saturated rings. The molecule has 0 saturated carbocycles. The number of nitrogens with one attached hydrogen (secondary N) is 2. The first kappa shape index (κ1) is 55.8. The molecular weight excluding hydrogens is 986 g/mol. The van der Waals surface area contributed by atoms with Crippen molar-refractivity contribution in [2.24, 2.45) is 10.7 Å². The van der Waals surface area contributed by atoms with Crippen molar-refractivity contribution in [1.82, 2.24) is 14.8 Å². The molecule has 5 rings (SSSR count). The number of nitrogens with two attached hydrogens (primary N) is 2. The maximum Gasteiger partial charge on any atom is 0.206 e. The van der Waals surface area contributed by atoms with Crippen molar-refractivity contribution >= 4 is 105 Å². The van der Waals surface area contributed by atoms with Gasteiger partial charge in [-0.1, -0.05) is 52.9 Å². The predicted octanol–water partition coefficient (Wildman–Crippen LogP) is 10.3. The summed E-state index contributed by atoms with van der Waals surface area (Å²) in [6.45, 7) is 9.15. The van der Waals surface area contributed by atoms with Gasteiger partial charge < -0.3 is 41.4 Å². The molecular formula is C47H60BrF2N8O4PS3. The Labute approximate surface area is 412 Å². The number of carbonyl (C=O) groups is 2. The van der Waals surface area contributed by atoms with Gasteiger partial charge >= 0.3 is 0 Å². The van der Waals surface area contributed by atoms with Crippen LogP contribution in [0.2, 0.25) is 0 Å². The van der Waals surface area contributed by atoms with Crippen LogP contribution in [0.15, 0.2) is 89.9 Å². The average molecular weight is 1050 g/mol. The van der Waals surface area contributed by atoms with Crippen molar-refractivity contribution in [3.63, 3.8) is 0 Å². The molecule has 0 radical (unpaired) electrons. The second kappa shape index (κ2) is 28.6. The number of alkyl halides is 1. The summed E-state index contributed by atoms with van der Waals surface area (Å²) in [7, 11) is 10.7. The monoisotopic (exact) mass is 1040 g/mol. The van der Waals surface area contributed by atoms with Gasteiger partial charge in [-0.15, -0.1) is 9.24 Å². The summed E-state index contributed by atoms with van der Waals surface area (Å²) in [5.74, 6) is 0.906. The molecule has 12 nitrogen and oxygen atoms in total. The molecule has 4 aromatic carbocycles. The smallest absolute Gasteiger partial charge is 0.206 e. The third-order valence-corrected chi connectivity index (χ3v) is 12.6. The molecule has 1 heterocycles. The maximum absolute atomic E-state index is 13.7. The molecule has 0 aliphatic heterocycles. The molecule has 0 spiro atoms. The van der Waals surface area contributed by atoms with E-state index in [1.165, 1.54) is 47.4 Å². The molecule has 6 N–H and O–H groups in total. The van der Waals surface area contributed by atoms with Gasteiger partial charge in [0.2, 0.25) is 5.78 Å². The summed E-state index contributed by atoms with van der Waals surface area (Å²) in [5.41, 5.74) is 16.2. The standard InChI is InChI=1S/C23H27FN4O2S.C14H23N4OPS2.C10H10BrFO/c1-5-15-12-16(6-11-19(15)24)20(29)21-22(25)27-23(31-21)26-17-7-9-18(10-8-17)30-13-14(2)28(3)4;1-10(18(2)3)8-19-12-6-4-11(5-7-12)16-14(21)17-13(15)22-9-20;1-2-7-5-8(10(13)6-11)3-4-9(7)12/h6-12,14H,5,13,25H2,1-4H3,(H,26,27);4-7,10H,8-9,20H2,1-3H3,(H3,15,16,17,21);3-5H,2,6H2,1H3/t14-;10-;/m11./s1. The Morgan fingerprint density at radius 3 is 1.80 bits per heavy atom. The van der Waals surface area contributed by atoms with Crippen molar-refractivity contribution in [3.8, 4) is 11.5 Å². The Kier molecular flexibility index (Phi) is 24.2. The molecule has 0 aliphatic carbocycles. The van der Waals surface area contributed by atoms with Crippen LogP contribution in [0.4, 0.5) is 31.1 Å². The van der Waals surface area contributed by atoms with Gasteiger partial charge in [0.1, 0.15) is 47.0 Å². The van der Waals surface area contributed by atoms with Crippen LogP contribution >= 0.6 is 60.5 Å². The van der Waals surface area contributed by atoms with E-state index in [2.05, 4.69) is 69.4 Å². The number of thioether (sulfide) groups is 1. The van der Waals surface area contributed by atoms with E-state index in [1.807, 2.05) is 90.6 Å². The molecule has 0 bridgehead atoms. The van der Waals surface area contributed by atoms with Crippen molar-refractivity contribution in [3.05, 3.63) is 124 Å². The lowest BCUT2D eigenvalue weighted by Gasteiger charge is -2.20. The van der Waals surface area contributed by atoms with Crippen molar-refractivity contribution in [2.75, 3.05) is 68.6 Å². The number of Topliss-reactive ketones (excluding diaryl/α,β-unsaturated/α-hetero) is 1. The molecule has 0 amide bonds. The van der Waals surface area contributed by atoms with Gasteiger partial charge in [0.15, 0.2) is 21.2 Å². The number of aryl methyl sites for hydroxylation is 2. The largest absolute Gasteiger partial charge is 0.492 e. The van der Waals surface area contributed by atoms with Gasteiger partial charge in [0, 0.05) is 40.1 Å². The number of hydrogen-bond acceptors (Lipinski definition) is 12. The minimum absolute atomic E-state index is 0.0188. The molecule has 19 heteroatoms. The van der Waals surface area contributed by atoms with Crippen molar-refractivity contribution < 1.29 is 27.8 Å². The quantitative estimate of drug-likeness (QED) is 0.0164. The zero-order chi connectivity index (χ0) is 48.9. The van der Waals surface area contributed by atoms with Gasteiger partial charge in [-0.25, -0.2) is 13.8 Å². The van der Waals surface area contributed by atoms with E-state index in [1.54, 1.807) is 12.1 Å². The molecule has 356 valence electrons. The first-order valence-electron chi connectivity index (χ1n) is 20.9. The summed E-state index contributed by atoms with van der Waals surface area (Å²) in [6, 6.07) is 24.6. The minimum atomic E-state index is -0.317. The number of nitrogens with zero attached hydrogens (tertiary/aromatic N) is 4. The number of amidine groups is 1. The van der Waals surface area contributed by atoms with Crippen LogP contribution in [-0.4, -0.2) is 101 Å². The highest BCUT2D eigenvalue weighted by Crippen LogP contribution is 2.31. The van der Waals surface area contributed by atoms with E-state index < -0.39 is 0 Å². The first-order valence-corrected chi connectivity index (χ1v) is 25.0. The number of carbonyl (C=O) groups excluding carboxylic acids is 2. The predicted molar refractivity (Wildman–Crippen MR) is 283 cm³/mol. The number of likely N-dealkylation sites (N-methyl/N-ethyl adjacent to an activating group) is 2. The second-order valence-electron chi connectivity index (χ2n) is 15.1. The second-order valence-corrected chi connectivity index (χ2v) is 19.0. The van der Waals surface area contributed by atoms with E-state index >= 15 is 0 Å². The Balaban J connectivity index is 0.000000287. The highest BCUT2D eigenvalue weighted by molar-refractivity contribution is 9.09. The van der Waals surface area contributed by atoms with Crippen LogP contribution in [0.5, 0.6) is 11.5 Å². The Hall–Kier alpha value is -4.55. The van der Waals surface area contributed by atoms with Crippen LogP contribution in [0.25, 0.3) is 0 Å². The fraction of sp³-hybridized carbons (Fsp3) is 0.340. The third kappa shape index (κ3) is 18.6. The van der Waals surface area contributed by atoms with Gasteiger partial charge in [0.25, 0.3) is 0 Å².